The number of hydrogen-bond acceptors (Lipinski definition) is 4. The van der Waals surface area contributed by atoms with Crippen LogP contribution in [0.3, 0.4) is 0 Å². The van der Waals surface area contributed by atoms with E-state index in [1.165, 1.54) is 0 Å². The summed E-state index contributed by atoms with van der Waals surface area (Å²) in [5.74, 6) is 0.197. The van der Waals surface area contributed by atoms with Gasteiger partial charge in [-0.1, -0.05) is 26.8 Å². The zero-order valence-corrected chi connectivity index (χ0v) is 13.8. The average molecular weight is 325 g/mol. The number of phenols is 1. The van der Waals surface area contributed by atoms with Gasteiger partial charge in [0.15, 0.2) is 11.5 Å². The molecule has 124 valence electrons. The lowest BCUT2D eigenvalue weighted by Gasteiger charge is -2.20. The SMILES string of the molecule is CC(C)(C)c1ccc(O)c(NC(=O)c2cc(-c3ccco3)[nH]n2)c1. The van der Waals surface area contributed by atoms with Crippen molar-refractivity contribution >= 4 is 11.6 Å². The fraction of sp³-hybridized carbons (Fsp3) is 0.222. The predicted molar refractivity (Wildman–Crippen MR) is 91.0 cm³/mol. The molecule has 0 fully saturated rings. The lowest BCUT2D eigenvalue weighted by Crippen LogP contribution is -2.15. The molecular weight excluding hydrogens is 306 g/mol. The van der Waals surface area contributed by atoms with Crippen LogP contribution in [0.2, 0.25) is 0 Å². The Morgan fingerprint density at radius 3 is 2.71 bits per heavy atom. The molecule has 0 aliphatic rings. The van der Waals surface area contributed by atoms with Gasteiger partial charge in [0.1, 0.15) is 11.4 Å². The summed E-state index contributed by atoms with van der Waals surface area (Å²) < 4.78 is 5.26. The molecule has 1 aromatic carbocycles. The van der Waals surface area contributed by atoms with Crippen molar-refractivity contribution < 1.29 is 14.3 Å². The monoisotopic (exact) mass is 325 g/mol. The minimum atomic E-state index is -0.412. The molecule has 0 unspecified atom stereocenters. The summed E-state index contributed by atoms with van der Waals surface area (Å²) in [5.41, 5.74) is 2.09. The van der Waals surface area contributed by atoms with Crippen molar-refractivity contribution in [3.8, 4) is 17.2 Å². The molecule has 0 atom stereocenters. The van der Waals surface area contributed by atoms with Crippen molar-refractivity contribution in [2.24, 2.45) is 0 Å². The van der Waals surface area contributed by atoms with Gasteiger partial charge in [0, 0.05) is 6.07 Å². The standard InChI is InChI=1S/C18H19N3O3/c1-18(2,3)11-6-7-15(22)12(9-11)19-17(23)14-10-13(20-21-14)16-5-4-8-24-16/h4-10,22H,1-3H3,(H,19,23)(H,20,21). The third-order valence-electron chi connectivity index (χ3n) is 3.71. The van der Waals surface area contributed by atoms with Crippen molar-refractivity contribution in [3.05, 3.63) is 53.9 Å². The highest BCUT2D eigenvalue weighted by Crippen LogP contribution is 2.31. The van der Waals surface area contributed by atoms with Crippen LogP contribution in [0, 0.1) is 0 Å². The van der Waals surface area contributed by atoms with Crippen molar-refractivity contribution in [1.82, 2.24) is 10.2 Å². The minimum absolute atomic E-state index is 0.0122. The second-order valence-electron chi connectivity index (χ2n) is 6.58. The van der Waals surface area contributed by atoms with E-state index < -0.39 is 5.91 Å². The third-order valence-corrected chi connectivity index (χ3v) is 3.71. The van der Waals surface area contributed by atoms with Gasteiger partial charge in [-0.3, -0.25) is 9.89 Å². The first-order valence-corrected chi connectivity index (χ1v) is 7.59. The highest BCUT2D eigenvalue weighted by molar-refractivity contribution is 6.04. The maximum Gasteiger partial charge on any atom is 0.276 e. The van der Waals surface area contributed by atoms with Gasteiger partial charge in [0.05, 0.1) is 12.0 Å². The van der Waals surface area contributed by atoms with Crippen LogP contribution < -0.4 is 5.32 Å². The lowest BCUT2D eigenvalue weighted by molar-refractivity contribution is 0.102. The van der Waals surface area contributed by atoms with E-state index in [0.717, 1.165) is 5.56 Å². The van der Waals surface area contributed by atoms with E-state index >= 15 is 0 Å². The predicted octanol–water partition coefficient (Wildman–Crippen LogP) is 3.93. The number of rotatable bonds is 3. The van der Waals surface area contributed by atoms with Crippen LogP contribution in [-0.4, -0.2) is 21.2 Å². The molecule has 6 nitrogen and oxygen atoms in total. The Kier molecular flexibility index (Phi) is 3.89. The molecule has 6 heteroatoms. The Balaban J connectivity index is 1.83. The lowest BCUT2D eigenvalue weighted by atomic mass is 9.87. The molecule has 3 rings (SSSR count). The summed E-state index contributed by atoms with van der Waals surface area (Å²) >= 11 is 0. The Hall–Kier alpha value is -3.02. The van der Waals surface area contributed by atoms with E-state index in [-0.39, 0.29) is 16.9 Å². The Morgan fingerprint density at radius 2 is 2.04 bits per heavy atom. The Labute approximate surface area is 139 Å². The number of furan rings is 1. The minimum Gasteiger partial charge on any atom is -0.506 e. The molecule has 3 aromatic rings. The van der Waals surface area contributed by atoms with Gasteiger partial charge >= 0.3 is 0 Å². The summed E-state index contributed by atoms with van der Waals surface area (Å²) in [6, 6.07) is 10.3. The Morgan fingerprint density at radius 1 is 1.25 bits per heavy atom. The van der Waals surface area contributed by atoms with Crippen LogP contribution in [0.15, 0.2) is 47.1 Å². The largest absolute Gasteiger partial charge is 0.506 e. The topological polar surface area (TPSA) is 91.1 Å². The summed E-state index contributed by atoms with van der Waals surface area (Å²) in [4.78, 5) is 12.4. The number of hydrogen-bond donors (Lipinski definition) is 3. The van der Waals surface area contributed by atoms with Gasteiger partial charge in [-0.25, -0.2) is 0 Å². The molecule has 0 aliphatic carbocycles. The van der Waals surface area contributed by atoms with Crippen LogP contribution in [-0.2, 0) is 5.41 Å². The average Bonchev–Trinajstić information content (AvgIpc) is 3.19. The maximum absolute atomic E-state index is 12.4. The highest BCUT2D eigenvalue weighted by atomic mass is 16.3. The molecule has 24 heavy (non-hydrogen) atoms. The number of aromatic nitrogens is 2. The molecule has 0 spiro atoms. The van der Waals surface area contributed by atoms with Crippen LogP contribution in [0.1, 0.15) is 36.8 Å². The molecule has 3 N–H and O–H groups in total. The van der Waals surface area contributed by atoms with Gasteiger partial charge in [0.2, 0.25) is 0 Å². The number of anilines is 1. The smallest absolute Gasteiger partial charge is 0.276 e. The first-order chi connectivity index (χ1) is 11.3. The van der Waals surface area contributed by atoms with E-state index in [0.29, 0.717) is 17.1 Å². The molecule has 0 saturated carbocycles. The molecule has 0 aliphatic heterocycles. The van der Waals surface area contributed by atoms with E-state index in [9.17, 15) is 9.90 Å². The number of carbonyl (C=O) groups excluding carboxylic acids is 1. The fourth-order valence-electron chi connectivity index (χ4n) is 2.29. The van der Waals surface area contributed by atoms with Gasteiger partial charge < -0.3 is 14.8 Å². The van der Waals surface area contributed by atoms with Crippen molar-refractivity contribution in [2.75, 3.05) is 5.32 Å². The second-order valence-corrected chi connectivity index (χ2v) is 6.58. The van der Waals surface area contributed by atoms with Gasteiger partial charge in [0.25, 0.3) is 5.91 Å². The number of amides is 1. The number of aromatic amines is 1. The normalized spacial score (nSPS) is 11.5. The number of H-pyrrole nitrogens is 1. The molecule has 2 heterocycles. The molecule has 0 bridgehead atoms. The van der Waals surface area contributed by atoms with E-state index in [2.05, 4.69) is 36.3 Å². The van der Waals surface area contributed by atoms with Crippen LogP contribution in [0.4, 0.5) is 5.69 Å². The van der Waals surface area contributed by atoms with E-state index in [4.69, 9.17) is 4.42 Å². The molecule has 2 aromatic heterocycles. The van der Waals surface area contributed by atoms with Gasteiger partial charge in [-0.2, -0.15) is 5.10 Å². The van der Waals surface area contributed by atoms with Crippen LogP contribution >= 0.6 is 0 Å². The number of nitrogens with one attached hydrogen (secondary N) is 2. The maximum atomic E-state index is 12.4. The van der Waals surface area contributed by atoms with Crippen molar-refractivity contribution in [3.63, 3.8) is 0 Å². The molecule has 0 saturated heterocycles. The Bertz CT molecular complexity index is 858. The van der Waals surface area contributed by atoms with Crippen molar-refractivity contribution in [2.45, 2.75) is 26.2 Å². The first kappa shape index (κ1) is 15.9. The van der Waals surface area contributed by atoms with E-state index in [1.54, 1.807) is 36.6 Å². The van der Waals surface area contributed by atoms with Crippen molar-refractivity contribution in [1.29, 1.82) is 0 Å². The summed E-state index contributed by atoms with van der Waals surface area (Å²) in [5, 5.41) is 19.4. The number of nitrogens with zero attached hydrogens (tertiary/aromatic N) is 1. The fourth-order valence-corrected chi connectivity index (χ4v) is 2.29. The molecule has 1 amide bonds. The molecular formula is C18H19N3O3. The highest BCUT2D eigenvalue weighted by Gasteiger charge is 2.18. The first-order valence-electron chi connectivity index (χ1n) is 7.59. The van der Waals surface area contributed by atoms with Crippen LogP contribution in [0.5, 0.6) is 5.75 Å². The zero-order chi connectivity index (χ0) is 17.3. The number of aromatic hydroxyl groups is 1. The number of benzene rings is 1. The quantitative estimate of drug-likeness (QED) is 0.636. The zero-order valence-electron chi connectivity index (χ0n) is 13.8. The number of carbonyl (C=O) groups is 1. The van der Waals surface area contributed by atoms with Crippen LogP contribution in [0.25, 0.3) is 11.5 Å². The molecule has 0 radical (unpaired) electrons. The summed E-state index contributed by atoms with van der Waals surface area (Å²) in [6.45, 7) is 6.19. The number of phenolic OH excluding ortho intramolecular Hbond substituents is 1. The summed E-state index contributed by atoms with van der Waals surface area (Å²) in [6.07, 6.45) is 1.55. The summed E-state index contributed by atoms with van der Waals surface area (Å²) in [7, 11) is 0. The second kappa shape index (κ2) is 5.88. The van der Waals surface area contributed by atoms with E-state index in [1.807, 2.05) is 6.07 Å². The van der Waals surface area contributed by atoms with Gasteiger partial charge in [-0.15, -0.1) is 0 Å². The van der Waals surface area contributed by atoms with Gasteiger partial charge in [-0.05, 0) is 35.2 Å². The third kappa shape index (κ3) is 3.17.